The molecule has 1 aromatic heterocycles. The Morgan fingerprint density at radius 1 is 1.41 bits per heavy atom. The first-order valence-electron chi connectivity index (χ1n) is 6.11. The average molecular weight is 235 g/mol. The van der Waals surface area contributed by atoms with E-state index in [1.54, 1.807) is 7.11 Å². The summed E-state index contributed by atoms with van der Waals surface area (Å²) >= 11 is 0. The second-order valence-corrected chi connectivity index (χ2v) is 4.83. The van der Waals surface area contributed by atoms with Crippen molar-refractivity contribution in [3.05, 3.63) is 18.3 Å². The molecule has 0 bridgehead atoms. The van der Waals surface area contributed by atoms with Gasteiger partial charge in [0.1, 0.15) is 0 Å². The van der Waals surface area contributed by atoms with Gasteiger partial charge in [-0.1, -0.05) is 0 Å². The maximum Gasteiger partial charge on any atom is 0.171 e. The van der Waals surface area contributed by atoms with Gasteiger partial charge in [-0.15, -0.1) is 0 Å². The molecule has 1 aromatic rings. The summed E-state index contributed by atoms with van der Waals surface area (Å²) in [6, 6.07) is 3.87. The van der Waals surface area contributed by atoms with Gasteiger partial charge in [-0.2, -0.15) is 0 Å². The molecule has 1 aliphatic rings. The zero-order valence-corrected chi connectivity index (χ0v) is 10.9. The Labute approximate surface area is 103 Å². The minimum Gasteiger partial charge on any atom is -0.493 e. The van der Waals surface area contributed by atoms with Crippen molar-refractivity contribution in [3.8, 4) is 5.75 Å². The van der Waals surface area contributed by atoms with Gasteiger partial charge in [-0.05, 0) is 38.9 Å². The lowest BCUT2D eigenvalue weighted by Crippen LogP contribution is -2.50. The number of ether oxygens (including phenoxy) is 1. The van der Waals surface area contributed by atoms with Gasteiger partial charge in [0.25, 0.3) is 0 Å². The van der Waals surface area contributed by atoms with Crippen LogP contribution in [0.2, 0.25) is 0 Å². The lowest BCUT2D eigenvalue weighted by atomic mass is 9.90. The molecule has 0 radical (unpaired) electrons. The Hall–Kier alpha value is -1.29. The Morgan fingerprint density at radius 2 is 2.12 bits per heavy atom. The van der Waals surface area contributed by atoms with E-state index < -0.39 is 0 Å². The van der Waals surface area contributed by atoms with Gasteiger partial charge in [0.05, 0.1) is 7.11 Å². The van der Waals surface area contributed by atoms with Crippen molar-refractivity contribution >= 4 is 5.82 Å². The van der Waals surface area contributed by atoms with E-state index in [1.165, 1.54) is 0 Å². The van der Waals surface area contributed by atoms with Crippen LogP contribution in [0.4, 0.5) is 5.82 Å². The first kappa shape index (κ1) is 12.2. The zero-order valence-electron chi connectivity index (χ0n) is 10.9. The summed E-state index contributed by atoms with van der Waals surface area (Å²) in [5.41, 5.74) is 0.262. The van der Waals surface area contributed by atoms with Gasteiger partial charge < -0.3 is 15.0 Å². The Morgan fingerprint density at radius 3 is 2.71 bits per heavy atom. The van der Waals surface area contributed by atoms with Crippen molar-refractivity contribution in [2.75, 3.05) is 32.1 Å². The molecule has 94 valence electrons. The highest BCUT2D eigenvalue weighted by molar-refractivity contribution is 5.52. The first-order chi connectivity index (χ1) is 8.18. The van der Waals surface area contributed by atoms with E-state index in [4.69, 9.17) is 4.74 Å². The summed E-state index contributed by atoms with van der Waals surface area (Å²) in [4.78, 5) is 6.73. The second kappa shape index (κ2) is 4.92. The van der Waals surface area contributed by atoms with E-state index in [2.05, 4.69) is 22.1 Å². The van der Waals surface area contributed by atoms with Crippen LogP contribution in [0.5, 0.6) is 5.75 Å². The Kier molecular flexibility index (Phi) is 3.52. The zero-order chi connectivity index (χ0) is 12.3. The molecule has 2 heterocycles. The molecule has 1 N–H and O–H groups in total. The summed E-state index contributed by atoms with van der Waals surface area (Å²) in [6.45, 7) is 4.31. The van der Waals surface area contributed by atoms with E-state index in [1.807, 2.05) is 25.4 Å². The van der Waals surface area contributed by atoms with Crippen molar-refractivity contribution in [1.29, 1.82) is 0 Å². The van der Waals surface area contributed by atoms with Crippen molar-refractivity contribution in [2.45, 2.75) is 25.3 Å². The lowest BCUT2D eigenvalue weighted by Gasteiger charge is -2.40. The average Bonchev–Trinajstić information content (AvgIpc) is 2.40. The number of hydrogen-bond donors (Lipinski definition) is 1. The molecule has 1 aliphatic heterocycles. The maximum absolute atomic E-state index is 5.36. The van der Waals surface area contributed by atoms with Crippen LogP contribution in [0.25, 0.3) is 0 Å². The molecular formula is C13H21N3O. The van der Waals surface area contributed by atoms with Crippen molar-refractivity contribution in [2.24, 2.45) is 0 Å². The second-order valence-electron chi connectivity index (χ2n) is 4.83. The molecule has 0 unspecified atom stereocenters. The molecule has 2 rings (SSSR count). The van der Waals surface area contributed by atoms with Gasteiger partial charge in [0.15, 0.2) is 11.6 Å². The standard InChI is InChI=1S/C13H21N3O/c1-13(14-2)6-9-16(10-7-13)12-11(17-3)5-4-8-15-12/h4-5,8,14H,6-7,9-10H2,1-3H3. The SMILES string of the molecule is CNC1(C)CCN(c2ncccc2OC)CC1. The largest absolute Gasteiger partial charge is 0.493 e. The summed E-state index contributed by atoms with van der Waals surface area (Å²) in [7, 11) is 3.74. The fraction of sp³-hybridized carbons (Fsp3) is 0.615. The minimum atomic E-state index is 0.262. The predicted molar refractivity (Wildman–Crippen MR) is 69.7 cm³/mol. The van der Waals surface area contributed by atoms with Crippen LogP contribution in [-0.2, 0) is 0 Å². The molecule has 17 heavy (non-hydrogen) atoms. The van der Waals surface area contributed by atoms with E-state index >= 15 is 0 Å². The van der Waals surface area contributed by atoms with Crippen LogP contribution in [0.15, 0.2) is 18.3 Å². The summed E-state index contributed by atoms with van der Waals surface area (Å²) in [6.07, 6.45) is 4.08. The van der Waals surface area contributed by atoms with E-state index in [0.29, 0.717) is 0 Å². The molecule has 4 nitrogen and oxygen atoms in total. The quantitative estimate of drug-likeness (QED) is 0.864. The number of pyridine rings is 1. The van der Waals surface area contributed by atoms with Crippen LogP contribution in [0, 0.1) is 0 Å². The van der Waals surface area contributed by atoms with Crippen LogP contribution >= 0.6 is 0 Å². The molecule has 0 spiro atoms. The molecule has 1 saturated heterocycles. The highest BCUT2D eigenvalue weighted by atomic mass is 16.5. The topological polar surface area (TPSA) is 37.4 Å². The summed E-state index contributed by atoms with van der Waals surface area (Å²) < 4.78 is 5.36. The molecule has 0 aromatic carbocycles. The monoisotopic (exact) mass is 235 g/mol. The lowest BCUT2D eigenvalue weighted by molar-refractivity contribution is 0.302. The third-order valence-electron chi connectivity index (χ3n) is 3.74. The third kappa shape index (κ3) is 2.52. The number of methoxy groups -OCH3 is 1. The van der Waals surface area contributed by atoms with Crippen LogP contribution in [-0.4, -0.2) is 37.8 Å². The van der Waals surface area contributed by atoms with Crippen molar-refractivity contribution in [3.63, 3.8) is 0 Å². The molecule has 0 aliphatic carbocycles. The smallest absolute Gasteiger partial charge is 0.171 e. The van der Waals surface area contributed by atoms with Crippen LogP contribution in [0.1, 0.15) is 19.8 Å². The van der Waals surface area contributed by atoms with Gasteiger partial charge >= 0.3 is 0 Å². The summed E-state index contributed by atoms with van der Waals surface area (Å²) in [5, 5.41) is 3.40. The number of hydrogen-bond acceptors (Lipinski definition) is 4. The first-order valence-corrected chi connectivity index (χ1v) is 6.11. The number of nitrogens with one attached hydrogen (secondary N) is 1. The summed E-state index contributed by atoms with van der Waals surface area (Å²) in [5.74, 6) is 1.83. The fourth-order valence-corrected chi connectivity index (χ4v) is 2.24. The van der Waals surface area contributed by atoms with E-state index in [0.717, 1.165) is 37.5 Å². The van der Waals surface area contributed by atoms with Crippen LogP contribution < -0.4 is 15.0 Å². The molecular weight excluding hydrogens is 214 g/mol. The van der Waals surface area contributed by atoms with Crippen LogP contribution in [0.3, 0.4) is 0 Å². The Bertz CT molecular complexity index is 373. The van der Waals surface area contributed by atoms with Gasteiger partial charge in [-0.25, -0.2) is 4.98 Å². The number of piperidine rings is 1. The molecule has 0 saturated carbocycles. The predicted octanol–water partition coefficient (Wildman–Crippen LogP) is 1.67. The fourth-order valence-electron chi connectivity index (χ4n) is 2.24. The number of rotatable bonds is 3. The van der Waals surface area contributed by atoms with Gasteiger partial charge in [0.2, 0.25) is 0 Å². The van der Waals surface area contributed by atoms with Crippen molar-refractivity contribution < 1.29 is 4.74 Å². The van der Waals surface area contributed by atoms with E-state index in [9.17, 15) is 0 Å². The molecule has 1 fully saturated rings. The highest BCUT2D eigenvalue weighted by Crippen LogP contribution is 2.30. The van der Waals surface area contributed by atoms with Gasteiger partial charge in [-0.3, -0.25) is 0 Å². The highest BCUT2D eigenvalue weighted by Gasteiger charge is 2.29. The maximum atomic E-state index is 5.36. The minimum absolute atomic E-state index is 0.262. The van der Waals surface area contributed by atoms with Crippen molar-refractivity contribution in [1.82, 2.24) is 10.3 Å². The van der Waals surface area contributed by atoms with Gasteiger partial charge in [0, 0.05) is 24.8 Å². The number of nitrogens with zero attached hydrogens (tertiary/aromatic N) is 2. The molecule has 0 amide bonds. The molecule has 0 atom stereocenters. The molecule has 4 heteroatoms. The number of aromatic nitrogens is 1. The third-order valence-corrected chi connectivity index (χ3v) is 3.74. The Balaban J connectivity index is 2.10. The number of anilines is 1. The van der Waals surface area contributed by atoms with E-state index in [-0.39, 0.29) is 5.54 Å². The normalized spacial score (nSPS) is 19.1.